The van der Waals surface area contributed by atoms with E-state index in [4.69, 9.17) is 5.73 Å². The molecule has 1 aromatic heterocycles. The smallest absolute Gasteiger partial charge is 0.165 e. The Morgan fingerprint density at radius 2 is 2.42 bits per heavy atom. The molecule has 0 aliphatic heterocycles. The average Bonchev–Trinajstić information content (AvgIpc) is 2.09. The van der Waals surface area contributed by atoms with Gasteiger partial charge in [-0.25, -0.2) is 9.37 Å². The van der Waals surface area contributed by atoms with Gasteiger partial charge in [0.1, 0.15) is 0 Å². The lowest BCUT2D eigenvalue weighted by atomic mass is 10.4. The van der Waals surface area contributed by atoms with Gasteiger partial charge < -0.3 is 11.1 Å². The largest absolute Gasteiger partial charge is 0.368 e. The number of pyridine rings is 1. The summed E-state index contributed by atoms with van der Waals surface area (Å²) in [7, 11) is 0. The molecule has 4 heteroatoms. The third-order valence-electron chi connectivity index (χ3n) is 1.43. The third kappa shape index (κ3) is 2.47. The standard InChI is InChI=1S/C8H12FN3/c9-7-3-1-5-11-8(7)12-6-2-4-10/h1,3,5H,2,4,6,10H2,(H,11,12). The molecule has 0 fully saturated rings. The van der Waals surface area contributed by atoms with Crippen LogP contribution in [-0.4, -0.2) is 18.1 Å². The number of hydrogen-bond acceptors (Lipinski definition) is 3. The van der Waals surface area contributed by atoms with Gasteiger partial charge in [0.25, 0.3) is 0 Å². The lowest BCUT2D eigenvalue weighted by Gasteiger charge is -2.03. The molecule has 1 rings (SSSR count). The number of anilines is 1. The monoisotopic (exact) mass is 169 g/mol. The van der Waals surface area contributed by atoms with E-state index in [2.05, 4.69) is 10.3 Å². The van der Waals surface area contributed by atoms with Crippen molar-refractivity contribution < 1.29 is 4.39 Å². The summed E-state index contributed by atoms with van der Waals surface area (Å²) in [6.07, 6.45) is 2.36. The molecule has 0 saturated heterocycles. The van der Waals surface area contributed by atoms with Crippen molar-refractivity contribution in [2.75, 3.05) is 18.4 Å². The fourth-order valence-corrected chi connectivity index (χ4v) is 0.825. The summed E-state index contributed by atoms with van der Waals surface area (Å²) in [4.78, 5) is 3.82. The Balaban J connectivity index is 2.46. The molecular weight excluding hydrogens is 157 g/mol. The topological polar surface area (TPSA) is 50.9 Å². The summed E-state index contributed by atoms with van der Waals surface area (Å²) >= 11 is 0. The molecule has 0 radical (unpaired) electrons. The first kappa shape index (κ1) is 8.93. The summed E-state index contributed by atoms with van der Waals surface area (Å²) in [5.74, 6) is -0.0273. The van der Waals surface area contributed by atoms with E-state index in [1.165, 1.54) is 6.07 Å². The van der Waals surface area contributed by atoms with Crippen LogP contribution in [0.3, 0.4) is 0 Å². The summed E-state index contributed by atoms with van der Waals surface area (Å²) < 4.78 is 12.9. The van der Waals surface area contributed by atoms with Gasteiger partial charge in [0, 0.05) is 12.7 Å². The predicted molar refractivity (Wildman–Crippen MR) is 46.4 cm³/mol. The first-order valence-electron chi connectivity index (χ1n) is 3.89. The number of aromatic nitrogens is 1. The van der Waals surface area contributed by atoms with E-state index in [1.807, 2.05) is 0 Å². The normalized spacial score (nSPS) is 9.83. The molecule has 66 valence electrons. The minimum atomic E-state index is -0.325. The Morgan fingerprint density at radius 3 is 3.08 bits per heavy atom. The van der Waals surface area contributed by atoms with Crippen LogP contribution in [0.1, 0.15) is 6.42 Å². The van der Waals surface area contributed by atoms with E-state index >= 15 is 0 Å². The zero-order chi connectivity index (χ0) is 8.81. The number of rotatable bonds is 4. The molecule has 0 unspecified atom stereocenters. The minimum Gasteiger partial charge on any atom is -0.368 e. The van der Waals surface area contributed by atoms with Gasteiger partial charge in [0.15, 0.2) is 11.6 Å². The number of halogens is 1. The maximum atomic E-state index is 12.9. The van der Waals surface area contributed by atoms with Crippen molar-refractivity contribution in [3.63, 3.8) is 0 Å². The fourth-order valence-electron chi connectivity index (χ4n) is 0.825. The molecule has 0 atom stereocenters. The van der Waals surface area contributed by atoms with E-state index in [1.54, 1.807) is 12.3 Å². The Morgan fingerprint density at radius 1 is 1.58 bits per heavy atom. The van der Waals surface area contributed by atoms with Gasteiger partial charge in [-0.05, 0) is 25.1 Å². The molecule has 3 nitrogen and oxygen atoms in total. The highest BCUT2D eigenvalue weighted by molar-refractivity contribution is 5.35. The van der Waals surface area contributed by atoms with Crippen LogP contribution in [0.2, 0.25) is 0 Å². The molecule has 0 saturated carbocycles. The number of nitrogens with one attached hydrogen (secondary N) is 1. The average molecular weight is 169 g/mol. The molecule has 1 heterocycles. The van der Waals surface area contributed by atoms with Crippen LogP contribution in [-0.2, 0) is 0 Å². The SMILES string of the molecule is NCCCNc1ncccc1F. The second kappa shape index (κ2) is 4.66. The number of hydrogen-bond donors (Lipinski definition) is 2. The first-order valence-corrected chi connectivity index (χ1v) is 3.89. The second-order valence-electron chi connectivity index (χ2n) is 2.40. The predicted octanol–water partition coefficient (Wildman–Crippen LogP) is 0.981. The Labute approximate surface area is 70.8 Å². The molecule has 0 amide bonds. The van der Waals surface area contributed by atoms with Crippen LogP contribution in [0.5, 0.6) is 0 Å². The van der Waals surface area contributed by atoms with Crippen LogP contribution >= 0.6 is 0 Å². The Hall–Kier alpha value is -1.16. The van der Waals surface area contributed by atoms with Crippen LogP contribution in [0.15, 0.2) is 18.3 Å². The van der Waals surface area contributed by atoms with Gasteiger partial charge in [-0.1, -0.05) is 0 Å². The van der Waals surface area contributed by atoms with Crippen molar-refractivity contribution in [2.45, 2.75) is 6.42 Å². The fraction of sp³-hybridized carbons (Fsp3) is 0.375. The maximum Gasteiger partial charge on any atom is 0.165 e. The van der Waals surface area contributed by atoms with Gasteiger partial charge >= 0.3 is 0 Å². The Kier molecular flexibility index (Phi) is 3.47. The highest BCUT2D eigenvalue weighted by Gasteiger charge is 1.98. The molecule has 0 aliphatic rings. The van der Waals surface area contributed by atoms with Gasteiger partial charge in [-0.3, -0.25) is 0 Å². The molecule has 1 aromatic rings. The van der Waals surface area contributed by atoms with Crippen LogP contribution < -0.4 is 11.1 Å². The van der Waals surface area contributed by atoms with Crippen molar-refractivity contribution in [1.82, 2.24) is 4.98 Å². The van der Waals surface area contributed by atoms with E-state index < -0.39 is 0 Å². The quantitative estimate of drug-likeness (QED) is 0.660. The lowest BCUT2D eigenvalue weighted by molar-refractivity contribution is 0.623. The van der Waals surface area contributed by atoms with Gasteiger partial charge in [-0.15, -0.1) is 0 Å². The number of nitrogens with zero attached hydrogens (tertiary/aromatic N) is 1. The van der Waals surface area contributed by atoms with E-state index in [9.17, 15) is 4.39 Å². The van der Waals surface area contributed by atoms with Crippen LogP contribution in [0.4, 0.5) is 10.2 Å². The maximum absolute atomic E-state index is 12.9. The van der Waals surface area contributed by atoms with Crippen molar-refractivity contribution >= 4 is 5.82 Å². The molecule has 0 aromatic carbocycles. The van der Waals surface area contributed by atoms with E-state index in [0.717, 1.165) is 6.42 Å². The highest BCUT2D eigenvalue weighted by Crippen LogP contribution is 2.07. The lowest BCUT2D eigenvalue weighted by Crippen LogP contribution is -2.10. The van der Waals surface area contributed by atoms with Crippen molar-refractivity contribution in [3.8, 4) is 0 Å². The first-order chi connectivity index (χ1) is 5.84. The molecule has 0 spiro atoms. The van der Waals surface area contributed by atoms with Crippen molar-refractivity contribution in [1.29, 1.82) is 0 Å². The van der Waals surface area contributed by atoms with Gasteiger partial charge in [-0.2, -0.15) is 0 Å². The van der Waals surface area contributed by atoms with Crippen LogP contribution in [0.25, 0.3) is 0 Å². The zero-order valence-corrected chi connectivity index (χ0v) is 6.76. The molecule has 0 aliphatic carbocycles. The molecule has 12 heavy (non-hydrogen) atoms. The Bertz CT molecular complexity index is 239. The molecule has 0 bridgehead atoms. The zero-order valence-electron chi connectivity index (χ0n) is 6.76. The van der Waals surface area contributed by atoms with E-state index in [-0.39, 0.29) is 5.82 Å². The number of nitrogens with two attached hydrogens (primary N) is 1. The molecule has 3 N–H and O–H groups in total. The van der Waals surface area contributed by atoms with Crippen molar-refractivity contribution in [3.05, 3.63) is 24.1 Å². The van der Waals surface area contributed by atoms with Gasteiger partial charge in [0.05, 0.1) is 0 Å². The highest BCUT2D eigenvalue weighted by atomic mass is 19.1. The minimum absolute atomic E-state index is 0.297. The summed E-state index contributed by atoms with van der Waals surface area (Å²) in [5.41, 5.74) is 5.28. The summed E-state index contributed by atoms with van der Waals surface area (Å²) in [6.45, 7) is 1.26. The van der Waals surface area contributed by atoms with E-state index in [0.29, 0.717) is 18.9 Å². The second-order valence-corrected chi connectivity index (χ2v) is 2.40. The summed E-state index contributed by atoms with van der Waals surface area (Å²) in [5, 5.41) is 2.85. The molecular formula is C8H12FN3. The van der Waals surface area contributed by atoms with Gasteiger partial charge in [0.2, 0.25) is 0 Å². The summed E-state index contributed by atoms with van der Waals surface area (Å²) in [6, 6.07) is 2.93. The van der Waals surface area contributed by atoms with Crippen LogP contribution in [0, 0.1) is 5.82 Å². The van der Waals surface area contributed by atoms with Crippen molar-refractivity contribution in [2.24, 2.45) is 5.73 Å². The third-order valence-corrected chi connectivity index (χ3v) is 1.43.